The Kier molecular flexibility index (Phi) is 5.19. The lowest BCUT2D eigenvalue weighted by Crippen LogP contribution is -2.08. The zero-order valence-electron chi connectivity index (χ0n) is 12.2. The number of methoxy groups -OCH3 is 2. The van der Waals surface area contributed by atoms with Gasteiger partial charge in [-0.2, -0.15) is 5.26 Å². The van der Waals surface area contributed by atoms with Crippen molar-refractivity contribution < 1.29 is 9.47 Å². The van der Waals surface area contributed by atoms with Crippen LogP contribution in [-0.2, 0) is 11.3 Å². The van der Waals surface area contributed by atoms with Crippen LogP contribution in [-0.4, -0.2) is 14.2 Å². The van der Waals surface area contributed by atoms with Crippen molar-refractivity contribution in [1.29, 1.82) is 5.26 Å². The first-order valence-corrected chi connectivity index (χ1v) is 6.65. The highest BCUT2D eigenvalue weighted by molar-refractivity contribution is 5.50. The molecule has 0 aromatic heterocycles. The van der Waals surface area contributed by atoms with Gasteiger partial charge in [0.25, 0.3) is 0 Å². The van der Waals surface area contributed by atoms with Crippen LogP contribution in [0.5, 0.6) is 5.75 Å². The van der Waals surface area contributed by atoms with Crippen LogP contribution in [0.25, 0.3) is 0 Å². The minimum atomic E-state index is -0.394. The fourth-order valence-corrected chi connectivity index (χ4v) is 2.02. The number of anilines is 1. The molecular formula is C17H18N2O2. The summed E-state index contributed by atoms with van der Waals surface area (Å²) in [4.78, 5) is 0. The highest BCUT2D eigenvalue weighted by Crippen LogP contribution is 2.22. The van der Waals surface area contributed by atoms with Crippen LogP contribution in [0.15, 0.2) is 48.5 Å². The van der Waals surface area contributed by atoms with Crippen LogP contribution in [0.3, 0.4) is 0 Å². The Hall–Kier alpha value is -2.51. The van der Waals surface area contributed by atoms with Crippen LogP contribution in [0.4, 0.5) is 5.69 Å². The molecule has 0 radical (unpaired) electrons. The van der Waals surface area contributed by atoms with Crippen LogP contribution in [0.1, 0.15) is 17.2 Å². The lowest BCUT2D eigenvalue weighted by atomic mass is 10.1. The van der Waals surface area contributed by atoms with E-state index >= 15 is 0 Å². The lowest BCUT2D eigenvalue weighted by molar-refractivity contribution is 0.185. The van der Waals surface area contributed by atoms with Crippen LogP contribution < -0.4 is 10.1 Å². The first-order chi connectivity index (χ1) is 10.3. The van der Waals surface area contributed by atoms with E-state index in [1.54, 1.807) is 14.2 Å². The van der Waals surface area contributed by atoms with Crippen LogP contribution in [0, 0.1) is 11.3 Å². The highest BCUT2D eigenvalue weighted by atomic mass is 16.5. The molecule has 2 aromatic rings. The fraction of sp³-hybridized carbons (Fsp3) is 0.235. The summed E-state index contributed by atoms with van der Waals surface area (Å²) in [6.07, 6.45) is 0. The standard InChI is InChI=1S/C17H18N2O2/c1-20-12-13-3-5-14(6-4-13)17(11-18)19-15-7-9-16(21-2)10-8-15/h3-10,17,19H,12H2,1-2H3. The van der Waals surface area contributed by atoms with Crippen molar-refractivity contribution in [3.8, 4) is 11.8 Å². The molecule has 108 valence electrons. The third kappa shape index (κ3) is 3.98. The average molecular weight is 282 g/mol. The van der Waals surface area contributed by atoms with Gasteiger partial charge in [0.05, 0.1) is 19.8 Å². The second-order valence-electron chi connectivity index (χ2n) is 4.61. The normalized spacial score (nSPS) is 11.5. The van der Waals surface area contributed by atoms with E-state index in [1.165, 1.54) is 0 Å². The van der Waals surface area contributed by atoms with Crippen molar-refractivity contribution in [1.82, 2.24) is 0 Å². The molecule has 0 amide bonds. The molecule has 0 saturated heterocycles. The fourth-order valence-electron chi connectivity index (χ4n) is 2.02. The van der Waals surface area contributed by atoms with Crippen molar-refractivity contribution in [2.24, 2.45) is 0 Å². The smallest absolute Gasteiger partial charge is 0.140 e. The summed E-state index contributed by atoms with van der Waals surface area (Å²) in [5, 5.41) is 12.6. The van der Waals surface area contributed by atoms with E-state index < -0.39 is 6.04 Å². The number of nitriles is 1. The van der Waals surface area contributed by atoms with Crippen molar-refractivity contribution in [2.75, 3.05) is 19.5 Å². The van der Waals surface area contributed by atoms with Gasteiger partial charge in [0, 0.05) is 12.8 Å². The van der Waals surface area contributed by atoms with Gasteiger partial charge >= 0.3 is 0 Å². The number of benzene rings is 2. The molecule has 0 heterocycles. The minimum Gasteiger partial charge on any atom is -0.497 e. The molecule has 4 nitrogen and oxygen atoms in total. The van der Waals surface area contributed by atoms with Gasteiger partial charge in [-0.05, 0) is 35.4 Å². The van der Waals surface area contributed by atoms with Gasteiger partial charge in [-0.1, -0.05) is 24.3 Å². The monoisotopic (exact) mass is 282 g/mol. The molecule has 0 aliphatic heterocycles. The minimum absolute atomic E-state index is 0.394. The van der Waals surface area contributed by atoms with E-state index in [0.29, 0.717) is 6.61 Å². The van der Waals surface area contributed by atoms with Gasteiger partial charge in [-0.15, -0.1) is 0 Å². The Morgan fingerprint density at radius 2 is 1.71 bits per heavy atom. The van der Waals surface area contributed by atoms with E-state index in [9.17, 15) is 5.26 Å². The average Bonchev–Trinajstić information content (AvgIpc) is 2.54. The molecule has 1 atom stereocenters. The topological polar surface area (TPSA) is 54.3 Å². The molecule has 0 aliphatic rings. The summed E-state index contributed by atoms with van der Waals surface area (Å²) >= 11 is 0. The van der Waals surface area contributed by atoms with E-state index in [0.717, 1.165) is 22.6 Å². The van der Waals surface area contributed by atoms with Gasteiger partial charge in [-0.3, -0.25) is 0 Å². The molecule has 2 rings (SSSR count). The number of nitrogens with zero attached hydrogens (tertiary/aromatic N) is 1. The third-order valence-electron chi connectivity index (χ3n) is 3.15. The Bertz CT molecular complexity index is 600. The predicted octanol–water partition coefficient (Wildman–Crippen LogP) is 3.52. The van der Waals surface area contributed by atoms with E-state index in [4.69, 9.17) is 9.47 Å². The zero-order valence-corrected chi connectivity index (χ0v) is 12.2. The molecule has 0 spiro atoms. The van der Waals surface area contributed by atoms with Gasteiger partial charge in [0.1, 0.15) is 11.8 Å². The third-order valence-corrected chi connectivity index (χ3v) is 3.15. The number of hydrogen-bond donors (Lipinski definition) is 1. The van der Waals surface area contributed by atoms with Crippen molar-refractivity contribution >= 4 is 5.69 Å². The first-order valence-electron chi connectivity index (χ1n) is 6.65. The summed E-state index contributed by atoms with van der Waals surface area (Å²) in [5.74, 6) is 0.790. The summed E-state index contributed by atoms with van der Waals surface area (Å²) in [6, 6.07) is 17.2. The van der Waals surface area contributed by atoms with Gasteiger partial charge < -0.3 is 14.8 Å². The summed E-state index contributed by atoms with van der Waals surface area (Å²) in [7, 11) is 3.29. The van der Waals surface area contributed by atoms with Gasteiger partial charge in [0.15, 0.2) is 0 Å². The van der Waals surface area contributed by atoms with Crippen molar-refractivity contribution in [2.45, 2.75) is 12.6 Å². The molecule has 4 heteroatoms. The second kappa shape index (κ2) is 7.32. The Morgan fingerprint density at radius 1 is 1.05 bits per heavy atom. The van der Waals surface area contributed by atoms with Crippen molar-refractivity contribution in [3.05, 3.63) is 59.7 Å². The molecular weight excluding hydrogens is 264 g/mol. The summed E-state index contributed by atoms with van der Waals surface area (Å²) < 4.78 is 10.2. The van der Waals surface area contributed by atoms with Gasteiger partial charge in [-0.25, -0.2) is 0 Å². The number of ether oxygens (including phenoxy) is 2. The first kappa shape index (κ1) is 14.9. The van der Waals surface area contributed by atoms with Crippen molar-refractivity contribution in [3.63, 3.8) is 0 Å². The Morgan fingerprint density at radius 3 is 2.24 bits per heavy atom. The highest BCUT2D eigenvalue weighted by Gasteiger charge is 2.10. The summed E-state index contributed by atoms with van der Waals surface area (Å²) in [6.45, 7) is 0.573. The van der Waals surface area contributed by atoms with E-state index in [2.05, 4.69) is 11.4 Å². The molecule has 0 bridgehead atoms. The Labute approximate surface area is 124 Å². The maximum absolute atomic E-state index is 9.35. The number of nitrogens with one attached hydrogen (secondary N) is 1. The molecule has 2 aromatic carbocycles. The molecule has 0 aliphatic carbocycles. The maximum Gasteiger partial charge on any atom is 0.140 e. The lowest BCUT2D eigenvalue weighted by Gasteiger charge is -2.14. The molecule has 1 unspecified atom stereocenters. The van der Waals surface area contributed by atoms with Gasteiger partial charge in [0.2, 0.25) is 0 Å². The largest absolute Gasteiger partial charge is 0.497 e. The predicted molar refractivity (Wildman–Crippen MR) is 82.1 cm³/mol. The van der Waals surface area contributed by atoms with Crippen LogP contribution >= 0.6 is 0 Å². The maximum atomic E-state index is 9.35. The van der Waals surface area contributed by atoms with E-state index in [1.807, 2.05) is 48.5 Å². The number of rotatable bonds is 6. The molecule has 0 saturated carbocycles. The second-order valence-corrected chi connectivity index (χ2v) is 4.61. The molecule has 1 N–H and O–H groups in total. The Balaban J connectivity index is 2.10. The SMILES string of the molecule is COCc1ccc(C(C#N)Nc2ccc(OC)cc2)cc1. The summed E-state index contributed by atoms with van der Waals surface area (Å²) in [5.41, 5.74) is 2.89. The zero-order chi connectivity index (χ0) is 15.1. The van der Waals surface area contributed by atoms with E-state index in [-0.39, 0.29) is 0 Å². The molecule has 21 heavy (non-hydrogen) atoms. The molecule has 0 fully saturated rings. The number of hydrogen-bond acceptors (Lipinski definition) is 4. The quantitative estimate of drug-likeness (QED) is 0.880. The van der Waals surface area contributed by atoms with Crippen LogP contribution in [0.2, 0.25) is 0 Å².